The summed E-state index contributed by atoms with van der Waals surface area (Å²) in [5.74, 6) is 0.379. The normalized spacial score (nSPS) is 20.7. The number of nitrogens with two attached hydrogens (primary N) is 1. The average molecular weight is 820 g/mol. The van der Waals surface area contributed by atoms with Gasteiger partial charge in [0.05, 0.1) is 40.1 Å². The molecule has 0 fully saturated rings. The first-order valence-electron chi connectivity index (χ1n) is 19.8. The van der Waals surface area contributed by atoms with E-state index in [1.54, 1.807) is 67.6 Å². The van der Waals surface area contributed by atoms with Gasteiger partial charge in [-0.05, 0) is 96.2 Å². The molecule has 60 heavy (non-hydrogen) atoms. The first-order valence-corrected chi connectivity index (χ1v) is 19.8. The van der Waals surface area contributed by atoms with Crippen LogP contribution in [0.3, 0.4) is 0 Å². The number of rotatable bonds is 15. The Kier molecular flexibility index (Phi) is 14.3. The molecule has 2 unspecified atom stereocenters. The molecule has 0 saturated carbocycles. The summed E-state index contributed by atoms with van der Waals surface area (Å²) < 4.78 is 50.7. The van der Waals surface area contributed by atoms with Crippen LogP contribution in [0, 0.1) is 11.2 Å². The lowest BCUT2D eigenvalue weighted by molar-refractivity contribution is -0.129. The number of hydrogen-bond acceptors (Lipinski definition) is 9. The zero-order valence-corrected chi connectivity index (χ0v) is 34.4. The van der Waals surface area contributed by atoms with Crippen molar-refractivity contribution in [3.8, 4) is 11.5 Å². The van der Waals surface area contributed by atoms with E-state index in [0.29, 0.717) is 74.9 Å². The van der Waals surface area contributed by atoms with Gasteiger partial charge in [0.15, 0.2) is 11.5 Å². The average Bonchev–Trinajstić information content (AvgIpc) is 3.34. The predicted octanol–water partition coefficient (Wildman–Crippen LogP) is 8.30. The fourth-order valence-electron chi connectivity index (χ4n) is 7.36. The van der Waals surface area contributed by atoms with Crippen LogP contribution in [0.1, 0.15) is 61.9 Å². The van der Waals surface area contributed by atoms with Crippen molar-refractivity contribution >= 4 is 29.8 Å². The highest BCUT2D eigenvalue weighted by Gasteiger charge is 2.40. The number of amides is 2. The minimum atomic E-state index is -1.38. The highest BCUT2D eigenvalue weighted by Crippen LogP contribution is 2.36. The Bertz CT molecular complexity index is 2270. The molecule has 2 heterocycles. The predicted molar refractivity (Wildman–Crippen MR) is 229 cm³/mol. The number of benzene rings is 2. The largest absolute Gasteiger partial charge is 0.496 e. The van der Waals surface area contributed by atoms with Gasteiger partial charge in [-0.3, -0.25) is 19.5 Å². The number of carbonyl (C=O) groups excluding carboxylic acids is 2. The molecule has 3 N–H and O–H groups in total. The van der Waals surface area contributed by atoms with Gasteiger partial charge in [0, 0.05) is 68.2 Å². The van der Waals surface area contributed by atoms with Crippen LogP contribution in [0.15, 0.2) is 136 Å². The summed E-state index contributed by atoms with van der Waals surface area (Å²) in [6.45, 7) is 5.00. The Morgan fingerprint density at radius 2 is 1.80 bits per heavy atom. The summed E-state index contributed by atoms with van der Waals surface area (Å²) in [7, 11) is 3.11. The zero-order chi connectivity index (χ0) is 42.8. The van der Waals surface area contributed by atoms with E-state index in [4.69, 9.17) is 35.1 Å². The van der Waals surface area contributed by atoms with Crippen molar-refractivity contribution in [3.05, 3.63) is 148 Å². The maximum atomic E-state index is 13.8. The molecule has 2 aliphatic heterocycles. The van der Waals surface area contributed by atoms with Gasteiger partial charge in [-0.15, -0.1) is 0 Å². The molecule has 4 aliphatic rings. The molecule has 6 rings (SSSR count). The van der Waals surface area contributed by atoms with Crippen LogP contribution in [-0.4, -0.2) is 86.3 Å². The molecular formula is C47H51F2N5O6. The molecular weight excluding hydrogens is 769 g/mol. The second-order valence-electron chi connectivity index (χ2n) is 14.8. The van der Waals surface area contributed by atoms with Gasteiger partial charge in [-0.2, -0.15) is 0 Å². The number of carbonyl (C=O) groups is 2. The summed E-state index contributed by atoms with van der Waals surface area (Å²) in [5.41, 5.74) is 11.6. The van der Waals surface area contributed by atoms with Crippen LogP contribution >= 0.6 is 0 Å². The van der Waals surface area contributed by atoms with Crippen LogP contribution in [0.5, 0.6) is 11.5 Å². The Labute approximate surface area is 349 Å². The van der Waals surface area contributed by atoms with Crippen LogP contribution in [0.2, 0.25) is 0 Å². The van der Waals surface area contributed by atoms with Crippen molar-refractivity contribution < 1.29 is 37.3 Å². The van der Waals surface area contributed by atoms with E-state index in [0.717, 1.165) is 45.3 Å². The Morgan fingerprint density at radius 1 is 1.00 bits per heavy atom. The van der Waals surface area contributed by atoms with Crippen molar-refractivity contribution in [2.24, 2.45) is 10.7 Å². The smallest absolute Gasteiger partial charge is 0.259 e. The quantitative estimate of drug-likeness (QED) is 0.136. The standard InChI is InChI=1S/C47H51F2N5O6/c1-31-23-44(57-3)37(12-17-42(31)52-27-41-24-35(19-20-53(41)32(2)55)34-10-15-40(49)16-11-34)29-59-21-6-22-60-43-18-13-36(25-45(43)58-4)46(56)54-28-38(26-47(54,51)30-50)33-7-5-8-39(48)14-9-33/h5,8-16,18-19,23,25,27-28,30,41,50H,6-7,17,20-22,24,26,29,51H2,1-4H3. The maximum absolute atomic E-state index is 13.8. The summed E-state index contributed by atoms with van der Waals surface area (Å²) >= 11 is 0. The molecule has 2 aliphatic carbocycles. The van der Waals surface area contributed by atoms with Crippen molar-refractivity contribution in [3.63, 3.8) is 0 Å². The minimum Gasteiger partial charge on any atom is -0.496 e. The van der Waals surface area contributed by atoms with Crippen LogP contribution in [0.25, 0.3) is 5.57 Å². The number of hydrogen-bond donors (Lipinski definition) is 2. The fourth-order valence-corrected chi connectivity index (χ4v) is 7.36. The van der Waals surface area contributed by atoms with Gasteiger partial charge in [0.1, 0.15) is 23.1 Å². The molecule has 0 spiro atoms. The molecule has 0 radical (unpaired) electrons. The third-order valence-electron chi connectivity index (χ3n) is 10.8. The van der Waals surface area contributed by atoms with E-state index in [1.165, 1.54) is 36.3 Å². The maximum Gasteiger partial charge on any atom is 0.259 e. The van der Waals surface area contributed by atoms with Gasteiger partial charge >= 0.3 is 0 Å². The Balaban J connectivity index is 1.02. The number of methoxy groups -OCH3 is 2. The second-order valence-corrected chi connectivity index (χ2v) is 14.8. The van der Waals surface area contributed by atoms with Gasteiger partial charge in [-0.1, -0.05) is 36.4 Å². The minimum absolute atomic E-state index is 0.0444. The third kappa shape index (κ3) is 10.3. The van der Waals surface area contributed by atoms with Crippen molar-refractivity contribution in [2.45, 2.75) is 57.7 Å². The Morgan fingerprint density at radius 3 is 2.53 bits per heavy atom. The number of halogens is 2. The molecule has 2 atom stereocenters. The first-order chi connectivity index (χ1) is 28.9. The number of nitrogens with one attached hydrogen (secondary N) is 1. The van der Waals surface area contributed by atoms with Crippen LogP contribution in [0.4, 0.5) is 8.78 Å². The van der Waals surface area contributed by atoms with Crippen molar-refractivity contribution in [2.75, 3.05) is 40.6 Å². The number of allylic oxidation sites excluding steroid dienone is 9. The number of aliphatic imine (C=N–C) groups is 1. The van der Waals surface area contributed by atoms with Gasteiger partial charge in [-0.25, -0.2) is 8.78 Å². The van der Waals surface area contributed by atoms with E-state index in [2.05, 4.69) is 0 Å². The van der Waals surface area contributed by atoms with Crippen molar-refractivity contribution in [1.82, 2.24) is 9.80 Å². The number of ether oxygens (including phenoxy) is 4. The highest BCUT2D eigenvalue weighted by molar-refractivity contribution is 5.98. The molecule has 0 aromatic heterocycles. The van der Waals surface area contributed by atoms with Crippen LogP contribution in [-0.2, 0) is 14.3 Å². The SMILES string of the molecule is COC1=CC(C)=C(N=CC2CC(c3ccc(F)cc3)=CCN2C(C)=O)CC=C1COCCCOc1ccc(C(=O)N2C=C(C3=CC=C(F)C=CC3)CC2(N)C=N)cc1OC. The molecule has 0 saturated heterocycles. The molecule has 2 aromatic rings. The van der Waals surface area contributed by atoms with E-state index < -0.39 is 11.6 Å². The fraction of sp³-hybridized carbons (Fsp3) is 0.319. The lowest BCUT2D eigenvalue weighted by atomic mass is 9.94. The van der Waals surface area contributed by atoms with Gasteiger partial charge in [0.25, 0.3) is 5.91 Å². The van der Waals surface area contributed by atoms with E-state index in [1.807, 2.05) is 31.4 Å². The summed E-state index contributed by atoms with van der Waals surface area (Å²) in [5, 5.41) is 8.02. The highest BCUT2D eigenvalue weighted by atomic mass is 19.1. The van der Waals surface area contributed by atoms with Gasteiger partial charge < -0.3 is 35.0 Å². The number of nitrogens with zero attached hydrogens (tertiary/aromatic N) is 3. The summed E-state index contributed by atoms with van der Waals surface area (Å²) in [6, 6.07) is 11.0. The molecule has 2 aromatic carbocycles. The van der Waals surface area contributed by atoms with Crippen molar-refractivity contribution in [1.29, 1.82) is 5.41 Å². The zero-order valence-electron chi connectivity index (χ0n) is 34.4. The van der Waals surface area contributed by atoms with E-state index >= 15 is 0 Å². The molecule has 2 amide bonds. The second kappa shape index (κ2) is 19.7. The first kappa shape index (κ1) is 43.4. The van der Waals surface area contributed by atoms with Gasteiger partial charge in [0.2, 0.25) is 5.91 Å². The van der Waals surface area contributed by atoms with E-state index in [-0.39, 0.29) is 30.0 Å². The monoisotopic (exact) mass is 819 g/mol. The van der Waals surface area contributed by atoms with E-state index in [9.17, 15) is 18.4 Å². The molecule has 11 nitrogen and oxygen atoms in total. The molecule has 13 heteroatoms. The topological polar surface area (TPSA) is 140 Å². The lowest BCUT2D eigenvalue weighted by Gasteiger charge is -2.32. The third-order valence-corrected chi connectivity index (χ3v) is 10.8. The molecule has 0 bridgehead atoms. The Hall–Kier alpha value is -6.18. The summed E-state index contributed by atoms with van der Waals surface area (Å²) in [4.78, 5) is 34.2. The molecule has 314 valence electrons. The van der Waals surface area contributed by atoms with Crippen LogP contribution < -0.4 is 15.2 Å². The summed E-state index contributed by atoms with van der Waals surface area (Å²) in [6.07, 6.45) is 19.0. The lowest BCUT2D eigenvalue weighted by Crippen LogP contribution is -2.54.